The second kappa shape index (κ2) is 5.44. The molecular formula is C17H20NO6-. The first kappa shape index (κ1) is 16.7. The summed E-state index contributed by atoms with van der Waals surface area (Å²) in [5, 5.41) is 22.4. The van der Waals surface area contributed by atoms with Gasteiger partial charge in [-0.1, -0.05) is 20.8 Å². The lowest BCUT2D eigenvalue weighted by atomic mass is 9.68. The van der Waals surface area contributed by atoms with Crippen molar-refractivity contribution in [2.75, 3.05) is 0 Å². The van der Waals surface area contributed by atoms with Gasteiger partial charge in [-0.25, -0.2) is 0 Å². The maximum absolute atomic E-state index is 11.3. The second-order valence-corrected chi connectivity index (χ2v) is 7.50. The standard InChI is InChI=1S/C17H21NO6/c1-16(2,3)17(9-11-5-7-14(17)23-11)24-13-8-10(15(19)20)4-6-12(13)18(21)22/h4,6,8,11,14H,5,7,9H2,1-3H3,(H,19,20)/p-1. The minimum atomic E-state index is -1.40. The molecule has 3 atom stereocenters. The molecule has 0 aliphatic carbocycles. The topological polar surface area (TPSA) is 102 Å². The van der Waals surface area contributed by atoms with Crippen molar-refractivity contribution < 1.29 is 24.3 Å². The van der Waals surface area contributed by atoms with Crippen LogP contribution in [-0.2, 0) is 4.74 Å². The molecule has 2 aliphatic heterocycles. The molecule has 2 aliphatic rings. The third-order valence-electron chi connectivity index (χ3n) is 5.11. The highest BCUT2D eigenvalue weighted by Gasteiger charge is 2.60. The third kappa shape index (κ3) is 2.53. The molecule has 7 nitrogen and oxygen atoms in total. The van der Waals surface area contributed by atoms with Crippen LogP contribution in [0.4, 0.5) is 5.69 Å². The summed E-state index contributed by atoms with van der Waals surface area (Å²) in [6.07, 6.45) is 2.34. The molecule has 0 aromatic heterocycles. The van der Waals surface area contributed by atoms with Gasteiger partial charge in [0, 0.05) is 23.5 Å². The van der Waals surface area contributed by atoms with E-state index in [0.717, 1.165) is 25.0 Å². The van der Waals surface area contributed by atoms with Crippen molar-refractivity contribution >= 4 is 11.7 Å². The number of fused-ring (bicyclic) bond motifs is 2. The molecule has 2 bridgehead atoms. The van der Waals surface area contributed by atoms with Crippen molar-refractivity contribution in [1.82, 2.24) is 0 Å². The molecule has 2 saturated heterocycles. The van der Waals surface area contributed by atoms with Gasteiger partial charge in [-0.05, 0) is 25.0 Å². The number of carbonyl (C=O) groups excluding carboxylic acids is 1. The molecule has 2 fully saturated rings. The van der Waals surface area contributed by atoms with Gasteiger partial charge in [-0.2, -0.15) is 0 Å². The Morgan fingerprint density at radius 3 is 2.54 bits per heavy atom. The van der Waals surface area contributed by atoms with E-state index in [4.69, 9.17) is 9.47 Å². The molecule has 0 spiro atoms. The summed E-state index contributed by atoms with van der Waals surface area (Å²) in [5.74, 6) is -1.45. The van der Waals surface area contributed by atoms with Crippen LogP contribution in [0.5, 0.6) is 5.75 Å². The molecule has 0 N–H and O–H groups in total. The van der Waals surface area contributed by atoms with Gasteiger partial charge in [0.2, 0.25) is 0 Å². The van der Waals surface area contributed by atoms with Crippen molar-refractivity contribution in [3.8, 4) is 5.75 Å². The van der Waals surface area contributed by atoms with Gasteiger partial charge in [-0.3, -0.25) is 10.1 Å². The van der Waals surface area contributed by atoms with Crippen LogP contribution >= 0.6 is 0 Å². The average Bonchev–Trinajstić information content (AvgIpc) is 3.07. The number of nitro benzene ring substituents is 1. The highest BCUT2D eigenvalue weighted by Crippen LogP contribution is 2.53. The molecule has 7 heteroatoms. The largest absolute Gasteiger partial charge is 0.545 e. The Morgan fingerprint density at radius 1 is 1.38 bits per heavy atom. The van der Waals surface area contributed by atoms with E-state index in [0.29, 0.717) is 6.42 Å². The van der Waals surface area contributed by atoms with E-state index in [1.165, 1.54) is 6.07 Å². The first-order chi connectivity index (χ1) is 11.1. The Kier molecular flexibility index (Phi) is 3.79. The zero-order valence-electron chi connectivity index (χ0n) is 13.9. The van der Waals surface area contributed by atoms with E-state index in [-0.39, 0.29) is 34.6 Å². The van der Waals surface area contributed by atoms with Crippen LogP contribution < -0.4 is 9.84 Å². The number of rotatable bonds is 4. The lowest BCUT2D eigenvalue weighted by Crippen LogP contribution is -2.55. The normalized spacial score (nSPS) is 28.8. The van der Waals surface area contributed by atoms with E-state index < -0.39 is 16.5 Å². The van der Waals surface area contributed by atoms with Gasteiger partial charge in [0.1, 0.15) is 5.60 Å². The number of ether oxygens (including phenoxy) is 2. The molecule has 0 radical (unpaired) electrons. The number of carboxylic acids is 1. The molecular weight excluding hydrogens is 314 g/mol. The number of carboxylic acid groups (broad SMARTS) is 1. The zero-order valence-corrected chi connectivity index (χ0v) is 13.9. The number of benzene rings is 1. The van der Waals surface area contributed by atoms with Gasteiger partial charge < -0.3 is 19.4 Å². The zero-order chi connectivity index (χ0) is 17.7. The minimum absolute atomic E-state index is 0.0484. The SMILES string of the molecule is CC(C)(C)C1(Oc2cc(C(=O)[O-])ccc2[N+](=O)[O-])CC2CCC1O2. The molecule has 0 saturated carbocycles. The van der Waals surface area contributed by atoms with Crippen molar-refractivity contribution in [3.63, 3.8) is 0 Å². The molecule has 24 heavy (non-hydrogen) atoms. The van der Waals surface area contributed by atoms with Crippen LogP contribution in [0, 0.1) is 15.5 Å². The van der Waals surface area contributed by atoms with Crippen molar-refractivity contribution in [2.45, 2.75) is 57.8 Å². The van der Waals surface area contributed by atoms with Crippen molar-refractivity contribution in [3.05, 3.63) is 33.9 Å². The lowest BCUT2D eigenvalue weighted by Gasteiger charge is -2.45. The van der Waals surface area contributed by atoms with Crippen LogP contribution in [0.3, 0.4) is 0 Å². The first-order valence-electron chi connectivity index (χ1n) is 7.98. The minimum Gasteiger partial charge on any atom is -0.545 e. The fraction of sp³-hybridized carbons (Fsp3) is 0.588. The Labute approximate surface area is 139 Å². The maximum Gasteiger partial charge on any atom is 0.310 e. The van der Waals surface area contributed by atoms with Gasteiger partial charge in [0.05, 0.1) is 23.1 Å². The number of nitrogens with zero attached hydrogens (tertiary/aromatic N) is 1. The lowest BCUT2D eigenvalue weighted by molar-refractivity contribution is -0.386. The molecule has 1 aromatic rings. The molecule has 3 unspecified atom stereocenters. The fourth-order valence-electron chi connectivity index (χ4n) is 3.79. The summed E-state index contributed by atoms with van der Waals surface area (Å²) in [5.41, 5.74) is -1.47. The van der Waals surface area contributed by atoms with E-state index in [2.05, 4.69) is 0 Å². The Bertz CT molecular complexity index is 695. The van der Waals surface area contributed by atoms with Crippen LogP contribution in [0.15, 0.2) is 18.2 Å². The third-order valence-corrected chi connectivity index (χ3v) is 5.11. The number of carbonyl (C=O) groups is 1. The molecule has 1 aromatic carbocycles. The Hall–Kier alpha value is -2.15. The number of hydrogen-bond acceptors (Lipinski definition) is 6. The quantitative estimate of drug-likeness (QED) is 0.617. The highest BCUT2D eigenvalue weighted by molar-refractivity contribution is 5.87. The fourth-order valence-corrected chi connectivity index (χ4v) is 3.79. The van der Waals surface area contributed by atoms with Gasteiger partial charge >= 0.3 is 5.69 Å². The summed E-state index contributed by atoms with van der Waals surface area (Å²) in [7, 11) is 0. The molecule has 0 amide bonds. The van der Waals surface area contributed by atoms with Crippen molar-refractivity contribution in [1.29, 1.82) is 0 Å². The van der Waals surface area contributed by atoms with Gasteiger partial charge in [0.15, 0.2) is 5.75 Å². The summed E-state index contributed by atoms with van der Waals surface area (Å²) in [6, 6.07) is 3.47. The second-order valence-electron chi connectivity index (χ2n) is 7.50. The van der Waals surface area contributed by atoms with E-state index in [1.54, 1.807) is 0 Å². The first-order valence-corrected chi connectivity index (χ1v) is 7.98. The highest BCUT2D eigenvalue weighted by atomic mass is 16.6. The molecule has 130 valence electrons. The number of hydrogen-bond donors (Lipinski definition) is 0. The molecule has 3 rings (SSSR count). The maximum atomic E-state index is 11.3. The predicted molar refractivity (Wildman–Crippen MR) is 82.8 cm³/mol. The Balaban J connectivity index is 2.06. The molecule has 2 heterocycles. The van der Waals surface area contributed by atoms with E-state index in [9.17, 15) is 20.0 Å². The van der Waals surface area contributed by atoms with Crippen LogP contribution in [0.1, 0.15) is 50.4 Å². The smallest absolute Gasteiger partial charge is 0.310 e. The summed E-state index contributed by atoms with van der Waals surface area (Å²) in [4.78, 5) is 21.9. The van der Waals surface area contributed by atoms with E-state index >= 15 is 0 Å². The summed E-state index contributed by atoms with van der Waals surface area (Å²) < 4.78 is 12.1. The number of aromatic carboxylic acids is 1. The monoisotopic (exact) mass is 334 g/mol. The Morgan fingerprint density at radius 2 is 2.08 bits per heavy atom. The van der Waals surface area contributed by atoms with Gasteiger partial charge in [0.25, 0.3) is 0 Å². The van der Waals surface area contributed by atoms with Crippen LogP contribution in [-0.4, -0.2) is 28.7 Å². The van der Waals surface area contributed by atoms with Gasteiger partial charge in [-0.15, -0.1) is 0 Å². The van der Waals surface area contributed by atoms with Crippen molar-refractivity contribution in [2.24, 2.45) is 5.41 Å². The van der Waals surface area contributed by atoms with Crippen LogP contribution in [0.25, 0.3) is 0 Å². The van der Waals surface area contributed by atoms with E-state index in [1.807, 2.05) is 20.8 Å². The van der Waals surface area contributed by atoms with Crippen LogP contribution in [0.2, 0.25) is 0 Å². The average molecular weight is 334 g/mol. The predicted octanol–water partition coefficient (Wildman–Crippen LogP) is 2.07. The number of nitro groups is 1. The summed E-state index contributed by atoms with van der Waals surface area (Å²) >= 11 is 0. The summed E-state index contributed by atoms with van der Waals surface area (Å²) in [6.45, 7) is 6.02.